The van der Waals surface area contributed by atoms with Crippen molar-refractivity contribution in [1.29, 1.82) is 0 Å². The van der Waals surface area contributed by atoms with Crippen LogP contribution in [0.3, 0.4) is 0 Å². The molecule has 1 heterocycles. The number of halogens is 1. The average Bonchev–Trinajstić information content (AvgIpc) is 2.27. The van der Waals surface area contributed by atoms with Crippen LogP contribution in [0.25, 0.3) is 11.3 Å². The van der Waals surface area contributed by atoms with Gasteiger partial charge >= 0.3 is 0 Å². The first-order valence-corrected chi connectivity index (χ1v) is 6.30. The van der Waals surface area contributed by atoms with E-state index < -0.39 is 0 Å². The number of aromatic nitrogens is 2. The van der Waals surface area contributed by atoms with Gasteiger partial charge in [0.25, 0.3) is 0 Å². The van der Waals surface area contributed by atoms with Crippen LogP contribution < -0.4 is 0 Å². The highest BCUT2D eigenvalue weighted by molar-refractivity contribution is 6.29. The molecule has 1 saturated carbocycles. The van der Waals surface area contributed by atoms with E-state index in [2.05, 4.69) is 9.97 Å². The quantitative estimate of drug-likeness (QED) is 0.745. The molecule has 1 aromatic carbocycles. The normalized spacial score (nSPS) is 15.6. The molecule has 1 aliphatic carbocycles. The summed E-state index contributed by atoms with van der Waals surface area (Å²) in [5, 5.41) is 0.542. The maximum Gasteiger partial charge on any atom is 0.133 e. The number of hydrogen-bond donors (Lipinski definition) is 0. The Bertz CT molecular complexity index is 521. The van der Waals surface area contributed by atoms with Crippen LogP contribution in [-0.2, 0) is 0 Å². The van der Waals surface area contributed by atoms with Crippen LogP contribution in [0.5, 0.6) is 0 Å². The van der Waals surface area contributed by atoms with Crippen molar-refractivity contribution < 1.29 is 0 Å². The molecule has 0 atom stereocenters. The van der Waals surface area contributed by atoms with Gasteiger partial charge in [0.15, 0.2) is 0 Å². The number of hydrogen-bond acceptors (Lipinski definition) is 2. The second-order valence-electron chi connectivity index (χ2n) is 4.43. The Morgan fingerprint density at radius 2 is 1.82 bits per heavy atom. The highest BCUT2D eigenvalue weighted by Crippen LogP contribution is 2.35. The van der Waals surface area contributed by atoms with Crippen molar-refractivity contribution >= 4 is 11.6 Å². The molecule has 0 N–H and O–H groups in total. The molecule has 0 unspecified atom stereocenters. The molecule has 0 spiro atoms. The van der Waals surface area contributed by atoms with Crippen molar-refractivity contribution in [2.45, 2.75) is 25.2 Å². The third kappa shape index (κ3) is 2.18. The number of rotatable bonds is 2. The molecule has 0 amide bonds. The molecule has 0 aliphatic heterocycles. The van der Waals surface area contributed by atoms with E-state index in [1.54, 1.807) is 0 Å². The van der Waals surface area contributed by atoms with Crippen LogP contribution in [0, 0.1) is 0 Å². The second kappa shape index (κ2) is 4.46. The summed E-state index contributed by atoms with van der Waals surface area (Å²) in [6.45, 7) is 0. The molecule has 3 heteroatoms. The smallest absolute Gasteiger partial charge is 0.133 e. The summed E-state index contributed by atoms with van der Waals surface area (Å²) in [6.07, 6.45) is 3.66. The van der Waals surface area contributed by atoms with Crippen molar-refractivity contribution in [3.63, 3.8) is 0 Å². The summed E-state index contributed by atoms with van der Waals surface area (Å²) in [5.41, 5.74) is 2.02. The zero-order valence-corrected chi connectivity index (χ0v) is 10.2. The molecule has 1 fully saturated rings. The monoisotopic (exact) mass is 244 g/mol. The van der Waals surface area contributed by atoms with E-state index >= 15 is 0 Å². The lowest BCUT2D eigenvalue weighted by Gasteiger charge is -2.24. The van der Waals surface area contributed by atoms with Crippen molar-refractivity contribution in [2.75, 3.05) is 0 Å². The maximum atomic E-state index is 6.07. The van der Waals surface area contributed by atoms with Crippen LogP contribution in [0.15, 0.2) is 36.4 Å². The molecule has 0 radical (unpaired) electrons. The van der Waals surface area contributed by atoms with Gasteiger partial charge in [-0.25, -0.2) is 9.97 Å². The molecular formula is C14H13ClN2. The van der Waals surface area contributed by atoms with Gasteiger partial charge in [-0.05, 0) is 12.8 Å². The number of benzene rings is 1. The minimum Gasteiger partial charge on any atom is -0.232 e. The lowest BCUT2D eigenvalue weighted by Crippen LogP contribution is -2.13. The third-order valence-corrected chi connectivity index (χ3v) is 3.45. The van der Waals surface area contributed by atoms with E-state index in [9.17, 15) is 0 Å². The first-order chi connectivity index (χ1) is 8.33. The van der Waals surface area contributed by atoms with Gasteiger partial charge in [-0.2, -0.15) is 0 Å². The summed E-state index contributed by atoms with van der Waals surface area (Å²) in [4.78, 5) is 8.97. The molecular weight excluding hydrogens is 232 g/mol. The number of nitrogens with zero attached hydrogens (tertiary/aromatic N) is 2. The molecule has 17 heavy (non-hydrogen) atoms. The fraction of sp³-hybridized carbons (Fsp3) is 0.286. The van der Waals surface area contributed by atoms with E-state index in [0.29, 0.717) is 11.1 Å². The predicted molar refractivity (Wildman–Crippen MR) is 69.1 cm³/mol. The summed E-state index contributed by atoms with van der Waals surface area (Å²) in [7, 11) is 0. The van der Waals surface area contributed by atoms with Gasteiger partial charge in [0.1, 0.15) is 11.0 Å². The van der Waals surface area contributed by atoms with Crippen LogP contribution in [0.2, 0.25) is 5.15 Å². The second-order valence-corrected chi connectivity index (χ2v) is 4.82. The van der Waals surface area contributed by atoms with Crippen LogP contribution in [0.4, 0.5) is 0 Å². The standard InChI is InChI=1S/C14H13ClN2/c15-13-9-12(10-5-2-1-3-6-10)16-14(17-13)11-7-4-8-11/h1-3,5-6,9,11H,4,7-8H2. The molecule has 2 aromatic rings. The molecule has 86 valence electrons. The fourth-order valence-electron chi connectivity index (χ4n) is 2.04. The highest BCUT2D eigenvalue weighted by atomic mass is 35.5. The topological polar surface area (TPSA) is 25.8 Å². The van der Waals surface area contributed by atoms with Crippen molar-refractivity contribution in [3.8, 4) is 11.3 Å². The SMILES string of the molecule is Clc1cc(-c2ccccc2)nc(C2CCC2)n1. The van der Waals surface area contributed by atoms with E-state index in [4.69, 9.17) is 11.6 Å². The lowest BCUT2D eigenvalue weighted by atomic mass is 9.85. The van der Waals surface area contributed by atoms with Crippen molar-refractivity contribution in [2.24, 2.45) is 0 Å². The first kappa shape index (κ1) is 10.7. The van der Waals surface area contributed by atoms with Crippen molar-refractivity contribution in [1.82, 2.24) is 9.97 Å². The minimum atomic E-state index is 0.510. The van der Waals surface area contributed by atoms with Gasteiger partial charge in [0, 0.05) is 17.5 Å². The summed E-state index contributed by atoms with van der Waals surface area (Å²) < 4.78 is 0. The Balaban J connectivity index is 2.02. The Hall–Kier alpha value is -1.41. The third-order valence-electron chi connectivity index (χ3n) is 3.25. The van der Waals surface area contributed by atoms with Gasteiger partial charge in [0.2, 0.25) is 0 Å². The zero-order chi connectivity index (χ0) is 11.7. The largest absolute Gasteiger partial charge is 0.232 e. The van der Waals surface area contributed by atoms with Gasteiger partial charge in [-0.1, -0.05) is 48.4 Å². The van der Waals surface area contributed by atoms with Gasteiger partial charge in [0.05, 0.1) is 5.69 Å². The molecule has 0 saturated heterocycles. The van der Waals surface area contributed by atoms with E-state index in [1.807, 2.05) is 36.4 Å². The Labute approximate surface area is 106 Å². The molecule has 1 aromatic heterocycles. The summed E-state index contributed by atoms with van der Waals surface area (Å²) in [5.74, 6) is 1.42. The van der Waals surface area contributed by atoms with E-state index in [0.717, 1.165) is 17.1 Å². The molecule has 2 nitrogen and oxygen atoms in total. The fourth-order valence-corrected chi connectivity index (χ4v) is 2.23. The van der Waals surface area contributed by atoms with E-state index in [-0.39, 0.29) is 0 Å². The Morgan fingerprint density at radius 3 is 2.47 bits per heavy atom. The highest BCUT2D eigenvalue weighted by Gasteiger charge is 2.23. The lowest BCUT2D eigenvalue weighted by molar-refractivity contribution is 0.401. The molecule has 0 bridgehead atoms. The van der Waals surface area contributed by atoms with E-state index in [1.165, 1.54) is 19.3 Å². The summed E-state index contributed by atoms with van der Waals surface area (Å²) >= 11 is 6.07. The van der Waals surface area contributed by atoms with Gasteiger partial charge in [-0.3, -0.25) is 0 Å². The first-order valence-electron chi connectivity index (χ1n) is 5.93. The minimum absolute atomic E-state index is 0.510. The predicted octanol–water partition coefficient (Wildman–Crippen LogP) is 4.06. The Morgan fingerprint density at radius 1 is 1.06 bits per heavy atom. The van der Waals surface area contributed by atoms with Crippen molar-refractivity contribution in [3.05, 3.63) is 47.4 Å². The molecule has 3 rings (SSSR count). The van der Waals surface area contributed by atoms with Crippen LogP contribution in [0.1, 0.15) is 31.0 Å². The van der Waals surface area contributed by atoms with Crippen LogP contribution >= 0.6 is 11.6 Å². The average molecular weight is 245 g/mol. The Kier molecular flexibility index (Phi) is 2.81. The molecule has 1 aliphatic rings. The zero-order valence-electron chi connectivity index (χ0n) is 9.44. The van der Waals surface area contributed by atoms with Gasteiger partial charge < -0.3 is 0 Å². The van der Waals surface area contributed by atoms with Crippen LogP contribution in [-0.4, -0.2) is 9.97 Å². The summed E-state index contributed by atoms with van der Waals surface area (Å²) in [6, 6.07) is 11.9. The maximum absolute atomic E-state index is 6.07. The van der Waals surface area contributed by atoms with Gasteiger partial charge in [-0.15, -0.1) is 0 Å².